The predicted molar refractivity (Wildman–Crippen MR) is 142 cm³/mol. The summed E-state index contributed by atoms with van der Waals surface area (Å²) in [5.74, 6) is -1.12. The second-order valence-corrected chi connectivity index (χ2v) is 9.34. The molecule has 0 fully saturated rings. The summed E-state index contributed by atoms with van der Waals surface area (Å²) < 4.78 is 11.1. The number of ether oxygens (including phenoxy) is 2. The van der Waals surface area contributed by atoms with Gasteiger partial charge in [-0.3, -0.25) is 9.59 Å². The highest BCUT2D eigenvalue weighted by Gasteiger charge is 2.54. The molecule has 4 nitrogen and oxygen atoms in total. The first-order valence-electron chi connectivity index (χ1n) is 12.5. The maximum atomic E-state index is 13.7. The van der Waals surface area contributed by atoms with Gasteiger partial charge in [0.05, 0.1) is 13.2 Å². The lowest BCUT2D eigenvalue weighted by Crippen LogP contribution is -2.50. The molecule has 0 spiro atoms. The van der Waals surface area contributed by atoms with Gasteiger partial charge in [0.25, 0.3) is 0 Å². The quantitative estimate of drug-likeness (QED) is 0.240. The van der Waals surface area contributed by atoms with Gasteiger partial charge in [-0.2, -0.15) is 0 Å². The Morgan fingerprint density at radius 3 is 2.19 bits per heavy atom. The van der Waals surface area contributed by atoms with E-state index in [1.165, 1.54) is 0 Å². The third-order valence-electron chi connectivity index (χ3n) is 7.08. The molecule has 0 bridgehead atoms. The second kappa shape index (κ2) is 9.62. The second-order valence-electron chi connectivity index (χ2n) is 9.34. The summed E-state index contributed by atoms with van der Waals surface area (Å²) in [6, 6.07) is 26.7. The third kappa shape index (κ3) is 3.87. The van der Waals surface area contributed by atoms with Gasteiger partial charge >= 0.3 is 11.9 Å². The maximum Gasteiger partial charge on any atom is 0.328 e. The molecule has 4 heteroatoms. The number of hydrogen-bond acceptors (Lipinski definition) is 4. The first-order valence-corrected chi connectivity index (χ1v) is 12.5. The lowest BCUT2D eigenvalue weighted by Gasteiger charge is -2.37. The van der Waals surface area contributed by atoms with Crippen molar-refractivity contribution >= 4 is 22.7 Å². The summed E-state index contributed by atoms with van der Waals surface area (Å²) in [5, 5.41) is 2.11. The summed E-state index contributed by atoms with van der Waals surface area (Å²) in [5.41, 5.74) is 5.43. The van der Waals surface area contributed by atoms with Crippen molar-refractivity contribution in [3.05, 3.63) is 107 Å². The summed E-state index contributed by atoms with van der Waals surface area (Å²) in [6.07, 6.45) is 0.871. The first kappa shape index (κ1) is 23.8. The first-order chi connectivity index (χ1) is 17.5. The molecule has 4 aromatic rings. The van der Waals surface area contributed by atoms with Gasteiger partial charge in [-0.15, -0.1) is 0 Å². The van der Waals surface area contributed by atoms with E-state index in [0.29, 0.717) is 12.0 Å². The Morgan fingerprint density at radius 1 is 0.833 bits per heavy atom. The number of aryl methyl sites for hydroxylation is 1. The molecule has 0 N–H and O–H groups in total. The molecule has 0 unspecified atom stereocenters. The molecule has 182 valence electrons. The Bertz CT molecular complexity index is 1430. The molecule has 36 heavy (non-hydrogen) atoms. The van der Waals surface area contributed by atoms with Crippen LogP contribution in [0.2, 0.25) is 0 Å². The van der Waals surface area contributed by atoms with Crippen LogP contribution in [0.1, 0.15) is 41.7 Å². The van der Waals surface area contributed by atoms with E-state index in [4.69, 9.17) is 9.47 Å². The van der Waals surface area contributed by atoms with E-state index in [0.717, 1.165) is 44.2 Å². The van der Waals surface area contributed by atoms with Crippen molar-refractivity contribution in [3.8, 4) is 11.1 Å². The minimum atomic E-state index is -1.57. The largest absolute Gasteiger partial charge is 0.465 e. The summed E-state index contributed by atoms with van der Waals surface area (Å²) in [6.45, 7) is 5.97. The van der Waals surface area contributed by atoms with Crippen molar-refractivity contribution in [2.24, 2.45) is 0 Å². The standard InChI is InChI=1S/C32H30O4/c1-4-35-30(33)32(31(34)36-5-2)20-24-13-9-10-14-25(24)29-27(18-22-11-7-6-8-12-22)26-17-21(3)15-16-23(26)19-28(29)32/h6-17,19H,4-5,18,20H2,1-3H3. The molecule has 5 rings (SSSR count). The lowest BCUT2D eigenvalue weighted by molar-refractivity contribution is -0.165. The summed E-state index contributed by atoms with van der Waals surface area (Å²) in [4.78, 5) is 27.5. The van der Waals surface area contributed by atoms with E-state index in [-0.39, 0.29) is 19.6 Å². The molecule has 0 saturated heterocycles. The van der Waals surface area contributed by atoms with Crippen LogP contribution in [0.3, 0.4) is 0 Å². The average Bonchev–Trinajstić information content (AvgIpc) is 2.89. The fourth-order valence-corrected chi connectivity index (χ4v) is 5.47. The van der Waals surface area contributed by atoms with E-state index in [1.807, 2.05) is 42.5 Å². The Labute approximate surface area is 211 Å². The molecule has 0 radical (unpaired) electrons. The lowest BCUT2D eigenvalue weighted by atomic mass is 9.65. The Morgan fingerprint density at radius 2 is 1.50 bits per heavy atom. The minimum Gasteiger partial charge on any atom is -0.465 e. The van der Waals surface area contributed by atoms with Crippen LogP contribution in [-0.2, 0) is 37.3 Å². The maximum absolute atomic E-state index is 13.7. The number of carbonyl (C=O) groups is 2. The molecule has 1 aliphatic carbocycles. The predicted octanol–water partition coefficient (Wildman–Crippen LogP) is 6.33. The summed E-state index contributed by atoms with van der Waals surface area (Å²) >= 11 is 0. The number of benzene rings is 4. The highest BCUT2D eigenvalue weighted by atomic mass is 16.6. The minimum absolute atomic E-state index is 0.181. The van der Waals surface area contributed by atoms with Crippen LogP contribution in [0.4, 0.5) is 0 Å². The Balaban J connectivity index is 1.92. The van der Waals surface area contributed by atoms with Crippen molar-refractivity contribution in [2.75, 3.05) is 13.2 Å². The zero-order chi connectivity index (χ0) is 25.3. The number of carbonyl (C=O) groups excluding carboxylic acids is 2. The van der Waals surface area contributed by atoms with Gasteiger partial charge in [-0.25, -0.2) is 0 Å². The van der Waals surface area contributed by atoms with Gasteiger partial charge in [0, 0.05) is 6.42 Å². The van der Waals surface area contributed by atoms with E-state index in [9.17, 15) is 9.59 Å². The van der Waals surface area contributed by atoms with E-state index >= 15 is 0 Å². The van der Waals surface area contributed by atoms with Gasteiger partial charge in [-0.1, -0.05) is 78.4 Å². The Hall–Kier alpha value is -3.92. The van der Waals surface area contributed by atoms with E-state index < -0.39 is 17.4 Å². The van der Waals surface area contributed by atoms with Crippen molar-refractivity contribution in [3.63, 3.8) is 0 Å². The van der Waals surface area contributed by atoms with Crippen molar-refractivity contribution in [1.29, 1.82) is 0 Å². The fourth-order valence-electron chi connectivity index (χ4n) is 5.47. The SMILES string of the molecule is CCOC(=O)C1(C(=O)OCC)Cc2ccccc2-c2c1cc1ccc(C)cc1c2Cc1ccccc1. The molecule has 4 aromatic carbocycles. The molecular weight excluding hydrogens is 448 g/mol. The number of esters is 2. The highest BCUT2D eigenvalue weighted by molar-refractivity contribution is 6.12. The normalized spacial score (nSPS) is 13.5. The van der Waals surface area contributed by atoms with Crippen molar-refractivity contribution < 1.29 is 19.1 Å². The van der Waals surface area contributed by atoms with Crippen molar-refractivity contribution in [2.45, 2.75) is 39.0 Å². The van der Waals surface area contributed by atoms with Gasteiger partial charge in [-0.05, 0) is 77.4 Å². The number of fused-ring (bicyclic) bond motifs is 4. The Kier molecular flexibility index (Phi) is 6.36. The van der Waals surface area contributed by atoms with Gasteiger partial charge < -0.3 is 9.47 Å². The molecule has 0 saturated carbocycles. The van der Waals surface area contributed by atoms with E-state index in [2.05, 4.69) is 43.3 Å². The molecule has 0 aliphatic heterocycles. The van der Waals surface area contributed by atoms with Crippen LogP contribution >= 0.6 is 0 Å². The van der Waals surface area contributed by atoms with Crippen LogP contribution < -0.4 is 0 Å². The monoisotopic (exact) mass is 478 g/mol. The van der Waals surface area contributed by atoms with Crippen LogP contribution in [0.5, 0.6) is 0 Å². The molecule has 1 aliphatic rings. The zero-order valence-corrected chi connectivity index (χ0v) is 21.0. The zero-order valence-electron chi connectivity index (χ0n) is 21.0. The van der Waals surface area contributed by atoms with Crippen LogP contribution in [-0.4, -0.2) is 25.2 Å². The smallest absolute Gasteiger partial charge is 0.328 e. The average molecular weight is 479 g/mol. The number of hydrogen-bond donors (Lipinski definition) is 0. The molecule has 0 heterocycles. The van der Waals surface area contributed by atoms with Gasteiger partial charge in [0.1, 0.15) is 0 Å². The molecular formula is C32H30O4. The summed E-state index contributed by atoms with van der Waals surface area (Å²) in [7, 11) is 0. The van der Waals surface area contributed by atoms with Crippen molar-refractivity contribution in [1.82, 2.24) is 0 Å². The van der Waals surface area contributed by atoms with Crippen LogP contribution in [0.15, 0.2) is 78.9 Å². The molecule has 0 atom stereocenters. The topological polar surface area (TPSA) is 52.6 Å². The third-order valence-corrected chi connectivity index (χ3v) is 7.08. The van der Waals surface area contributed by atoms with Gasteiger partial charge in [0.15, 0.2) is 5.41 Å². The number of rotatable bonds is 6. The van der Waals surface area contributed by atoms with Crippen LogP contribution in [0, 0.1) is 6.92 Å². The highest BCUT2D eigenvalue weighted by Crippen LogP contribution is 2.49. The molecule has 0 aromatic heterocycles. The van der Waals surface area contributed by atoms with Crippen LogP contribution in [0.25, 0.3) is 21.9 Å². The van der Waals surface area contributed by atoms with E-state index in [1.54, 1.807) is 13.8 Å². The van der Waals surface area contributed by atoms with Gasteiger partial charge in [0.2, 0.25) is 0 Å². The fraction of sp³-hybridized carbons (Fsp3) is 0.250. The molecule has 0 amide bonds.